The minimum absolute atomic E-state index is 0.341. The molecule has 100 valence electrons. The number of carboxylic acids is 1. The summed E-state index contributed by atoms with van der Waals surface area (Å²) in [6, 6.07) is 7.17. The van der Waals surface area contributed by atoms with E-state index >= 15 is 0 Å². The van der Waals surface area contributed by atoms with Gasteiger partial charge < -0.3 is 14.7 Å². The molecule has 0 aliphatic heterocycles. The third kappa shape index (κ3) is 5.02. The van der Waals surface area contributed by atoms with Crippen LogP contribution in [0, 0.1) is 0 Å². The van der Waals surface area contributed by atoms with Gasteiger partial charge in [-0.2, -0.15) is 0 Å². The lowest BCUT2D eigenvalue weighted by Crippen LogP contribution is -2.27. The largest absolute Gasteiger partial charge is 0.482 e. The van der Waals surface area contributed by atoms with Gasteiger partial charge in [0.05, 0.1) is 0 Å². The van der Waals surface area contributed by atoms with E-state index in [9.17, 15) is 4.79 Å². The molecule has 0 radical (unpaired) electrons. The first-order valence-electron chi connectivity index (χ1n) is 5.49. The van der Waals surface area contributed by atoms with Gasteiger partial charge in [0.1, 0.15) is 5.75 Å². The topological polar surface area (TPSA) is 49.8 Å². The van der Waals surface area contributed by atoms with Crippen molar-refractivity contribution >= 4 is 34.9 Å². The van der Waals surface area contributed by atoms with Crippen LogP contribution in [0.1, 0.15) is 0 Å². The quantitative estimate of drug-likeness (QED) is 0.748. The number of ether oxygens (including phenoxy) is 1. The lowest BCUT2D eigenvalue weighted by Gasteiger charge is -2.22. The summed E-state index contributed by atoms with van der Waals surface area (Å²) in [6.45, 7) is 1.08. The van der Waals surface area contributed by atoms with Gasteiger partial charge in [0.2, 0.25) is 0 Å². The predicted octanol–water partition coefficient (Wildman–Crippen LogP) is 2.43. The van der Waals surface area contributed by atoms with Crippen molar-refractivity contribution < 1.29 is 14.6 Å². The minimum Gasteiger partial charge on any atom is -0.482 e. The zero-order valence-corrected chi connectivity index (χ0v) is 11.3. The molecule has 0 amide bonds. The van der Waals surface area contributed by atoms with Crippen LogP contribution in [0.25, 0.3) is 0 Å². The van der Waals surface area contributed by atoms with Crippen LogP contribution in [0.5, 0.6) is 5.75 Å². The summed E-state index contributed by atoms with van der Waals surface area (Å²) in [7, 11) is 0. The molecule has 1 N–H and O–H groups in total. The Bertz CT molecular complexity index is 364. The number of carboxylic acid groups (broad SMARTS) is 1. The van der Waals surface area contributed by atoms with Crippen molar-refractivity contribution in [3.8, 4) is 5.75 Å². The van der Waals surface area contributed by atoms with E-state index in [-0.39, 0.29) is 6.61 Å². The molecule has 0 aromatic heterocycles. The van der Waals surface area contributed by atoms with E-state index in [1.165, 1.54) is 0 Å². The SMILES string of the molecule is O=C(O)COc1ccc(N(CCCl)CCCl)cc1. The smallest absolute Gasteiger partial charge is 0.341 e. The maximum Gasteiger partial charge on any atom is 0.341 e. The summed E-state index contributed by atoms with van der Waals surface area (Å²) >= 11 is 11.4. The van der Waals surface area contributed by atoms with Gasteiger partial charge in [-0.3, -0.25) is 0 Å². The van der Waals surface area contributed by atoms with Crippen molar-refractivity contribution in [3.05, 3.63) is 24.3 Å². The van der Waals surface area contributed by atoms with Crippen LogP contribution in [-0.4, -0.2) is 42.5 Å². The fourth-order valence-corrected chi connectivity index (χ4v) is 1.88. The molecule has 0 atom stereocenters. The molecule has 0 spiro atoms. The molecule has 0 bridgehead atoms. The summed E-state index contributed by atoms with van der Waals surface area (Å²) in [5.74, 6) is 0.574. The molecule has 1 aromatic carbocycles. The highest BCUT2D eigenvalue weighted by atomic mass is 35.5. The number of aliphatic carboxylic acids is 1. The first-order chi connectivity index (χ1) is 8.67. The van der Waals surface area contributed by atoms with Crippen molar-refractivity contribution in [2.75, 3.05) is 36.4 Å². The van der Waals surface area contributed by atoms with Crippen LogP contribution >= 0.6 is 23.2 Å². The Labute approximate surface area is 116 Å². The van der Waals surface area contributed by atoms with Gasteiger partial charge in [-0.1, -0.05) is 0 Å². The highest BCUT2D eigenvalue weighted by Crippen LogP contribution is 2.19. The van der Waals surface area contributed by atoms with Gasteiger partial charge in [0.25, 0.3) is 0 Å². The van der Waals surface area contributed by atoms with Crippen LogP contribution in [0.2, 0.25) is 0 Å². The number of hydrogen-bond acceptors (Lipinski definition) is 3. The van der Waals surface area contributed by atoms with Gasteiger partial charge >= 0.3 is 5.97 Å². The normalized spacial score (nSPS) is 10.1. The molecule has 1 aromatic rings. The molecule has 0 fully saturated rings. The zero-order chi connectivity index (χ0) is 13.4. The number of rotatable bonds is 8. The van der Waals surface area contributed by atoms with E-state index in [1.54, 1.807) is 12.1 Å². The molecule has 6 heteroatoms. The maximum atomic E-state index is 10.4. The van der Waals surface area contributed by atoms with E-state index in [0.717, 1.165) is 5.69 Å². The van der Waals surface area contributed by atoms with Crippen molar-refractivity contribution in [1.29, 1.82) is 0 Å². The Balaban J connectivity index is 2.64. The number of benzene rings is 1. The number of carbonyl (C=O) groups is 1. The van der Waals surface area contributed by atoms with Crippen LogP contribution in [0.15, 0.2) is 24.3 Å². The molecule has 4 nitrogen and oxygen atoms in total. The van der Waals surface area contributed by atoms with E-state index in [0.29, 0.717) is 30.6 Å². The predicted molar refractivity (Wildman–Crippen MR) is 73.2 cm³/mol. The van der Waals surface area contributed by atoms with Crippen LogP contribution in [0.4, 0.5) is 5.69 Å². The highest BCUT2D eigenvalue weighted by Gasteiger charge is 2.06. The van der Waals surface area contributed by atoms with Gasteiger partial charge in [-0.05, 0) is 24.3 Å². The summed E-state index contributed by atoms with van der Waals surface area (Å²) in [5, 5.41) is 8.49. The first kappa shape index (κ1) is 14.9. The van der Waals surface area contributed by atoms with E-state index in [2.05, 4.69) is 4.90 Å². The third-order valence-electron chi connectivity index (χ3n) is 2.27. The molecule has 0 saturated carbocycles. The fourth-order valence-electron chi connectivity index (χ4n) is 1.47. The second kappa shape index (κ2) is 8.06. The van der Waals surface area contributed by atoms with Gasteiger partial charge in [0.15, 0.2) is 6.61 Å². The summed E-state index contributed by atoms with van der Waals surface area (Å²) in [4.78, 5) is 12.4. The van der Waals surface area contributed by atoms with Crippen molar-refractivity contribution in [3.63, 3.8) is 0 Å². The zero-order valence-electron chi connectivity index (χ0n) is 9.81. The summed E-state index contributed by atoms with van der Waals surface area (Å²) in [6.07, 6.45) is 0. The molecule has 0 aliphatic rings. The van der Waals surface area contributed by atoms with Crippen molar-refractivity contribution in [2.45, 2.75) is 0 Å². The third-order valence-corrected chi connectivity index (χ3v) is 2.61. The molecule has 18 heavy (non-hydrogen) atoms. The second-order valence-electron chi connectivity index (χ2n) is 3.54. The summed E-state index contributed by atoms with van der Waals surface area (Å²) in [5.41, 5.74) is 0.985. The Morgan fingerprint density at radius 1 is 1.17 bits per heavy atom. The van der Waals surface area contributed by atoms with Gasteiger partial charge in [-0.25, -0.2) is 4.79 Å². The number of hydrogen-bond donors (Lipinski definition) is 1. The van der Waals surface area contributed by atoms with Gasteiger partial charge in [0, 0.05) is 30.5 Å². The molecule has 0 aliphatic carbocycles. The summed E-state index contributed by atoms with van der Waals surface area (Å²) < 4.78 is 5.05. The maximum absolute atomic E-state index is 10.4. The number of alkyl halides is 2. The molecule has 1 rings (SSSR count). The number of nitrogens with zero attached hydrogens (tertiary/aromatic N) is 1. The lowest BCUT2D eigenvalue weighted by molar-refractivity contribution is -0.139. The minimum atomic E-state index is -0.995. The van der Waals surface area contributed by atoms with E-state index in [4.69, 9.17) is 33.0 Å². The Morgan fingerprint density at radius 2 is 1.72 bits per heavy atom. The Morgan fingerprint density at radius 3 is 2.17 bits per heavy atom. The number of halogens is 2. The highest BCUT2D eigenvalue weighted by molar-refractivity contribution is 6.18. The van der Waals surface area contributed by atoms with Crippen molar-refractivity contribution in [2.24, 2.45) is 0 Å². The average molecular weight is 292 g/mol. The van der Waals surface area contributed by atoms with Gasteiger partial charge in [-0.15, -0.1) is 23.2 Å². The molecule has 0 unspecified atom stereocenters. The standard InChI is InChI=1S/C12H15Cl2NO3/c13-5-7-15(8-6-14)10-1-3-11(4-2-10)18-9-12(16)17/h1-4H,5-9H2,(H,16,17). The first-order valence-corrected chi connectivity index (χ1v) is 6.56. The molecule has 0 saturated heterocycles. The van der Waals surface area contributed by atoms with Crippen LogP contribution in [-0.2, 0) is 4.79 Å². The monoisotopic (exact) mass is 291 g/mol. The Hall–Kier alpha value is -1.13. The number of anilines is 1. The van der Waals surface area contributed by atoms with E-state index < -0.39 is 5.97 Å². The molecular weight excluding hydrogens is 277 g/mol. The average Bonchev–Trinajstić information content (AvgIpc) is 2.37. The van der Waals surface area contributed by atoms with Crippen LogP contribution < -0.4 is 9.64 Å². The Kier molecular flexibility index (Phi) is 6.68. The second-order valence-corrected chi connectivity index (χ2v) is 4.30. The lowest BCUT2D eigenvalue weighted by atomic mass is 10.2. The van der Waals surface area contributed by atoms with E-state index in [1.807, 2.05) is 12.1 Å². The molecule has 0 heterocycles. The van der Waals surface area contributed by atoms with Crippen LogP contribution in [0.3, 0.4) is 0 Å². The van der Waals surface area contributed by atoms with Crippen molar-refractivity contribution in [1.82, 2.24) is 0 Å². The molecular formula is C12H15Cl2NO3. The fraction of sp³-hybridized carbons (Fsp3) is 0.417.